The van der Waals surface area contributed by atoms with E-state index in [1.165, 1.54) is 22.5 Å². The van der Waals surface area contributed by atoms with Gasteiger partial charge < -0.3 is 14.8 Å². The first-order valence-electron chi connectivity index (χ1n) is 10.8. The van der Waals surface area contributed by atoms with Crippen molar-refractivity contribution in [2.24, 2.45) is 0 Å². The zero-order valence-electron chi connectivity index (χ0n) is 18.4. The van der Waals surface area contributed by atoms with Crippen LogP contribution in [0.15, 0.2) is 79.3 Å². The Hall–Kier alpha value is -3.22. The standard InChI is InChI=1S/C26H24ClN5S/c1-17-15-22(18(2)31(17)16-19-10-13-28-14-11-19)25-24(23-5-3-4-12-29-23)30-26(33)32(25)21-8-6-20(27)7-9-21/h3-15,24-25H,16H2,1-2H3,(H,30,33)/t24-,25-/m1/s1. The number of thiocarbonyl (C=S) groups is 1. The topological polar surface area (TPSA) is 46.0 Å². The van der Waals surface area contributed by atoms with E-state index >= 15 is 0 Å². The molecule has 5 rings (SSSR count). The van der Waals surface area contributed by atoms with Gasteiger partial charge in [-0.1, -0.05) is 17.7 Å². The fourth-order valence-electron chi connectivity index (χ4n) is 4.59. The Morgan fingerprint density at radius 2 is 1.76 bits per heavy atom. The minimum absolute atomic E-state index is 0.0500. The van der Waals surface area contributed by atoms with Gasteiger partial charge in [0.25, 0.3) is 0 Å². The molecule has 7 heteroatoms. The van der Waals surface area contributed by atoms with Crippen LogP contribution in [0.5, 0.6) is 0 Å². The van der Waals surface area contributed by atoms with E-state index in [-0.39, 0.29) is 12.1 Å². The summed E-state index contributed by atoms with van der Waals surface area (Å²) in [5, 5.41) is 4.91. The third-order valence-corrected chi connectivity index (χ3v) is 6.79. The second kappa shape index (κ2) is 8.96. The molecule has 1 N–H and O–H groups in total. The number of pyridine rings is 2. The summed E-state index contributed by atoms with van der Waals surface area (Å²) in [6.45, 7) is 5.13. The minimum Gasteiger partial charge on any atom is -0.351 e. The Kier molecular flexibility index (Phi) is 5.87. The number of benzene rings is 1. The molecule has 4 aromatic rings. The maximum atomic E-state index is 6.17. The lowest BCUT2D eigenvalue weighted by molar-refractivity contribution is 0.563. The molecule has 4 heterocycles. The smallest absolute Gasteiger partial charge is 0.174 e. The number of rotatable bonds is 5. The molecule has 1 aliphatic rings. The SMILES string of the molecule is Cc1cc([C@@H]2[C@@H](c3ccccn3)NC(=S)N2c2ccc(Cl)cc2)c(C)n1Cc1ccncc1. The molecule has 1 fully saturated rings. The van der Waals surface area contributed by atoms with Crippen LogP contribution >= 0.6 is 23.8 Å². The summed E-state index contributed by atoms with van der Waals surface area (Å²) in [6.07, 6.45) is 5.50. The van der Waals surface area contributed by atoms with Crippen LogP contribution in [-0.4, -0.2) is 19.6 Å². The highest BCUT2D eigenvalue weighted by molar-refractivity contribution is 7.80. The van der Waals surface area contributed by atoms with Crippen LogP contribution < -0.4 is 10.2 Å². The molecule has 1 saturated heterocycles. The molecule has 0 radical (unpaired) electrons. The zero-order valence-corrected chi connectivity index (χ0v) is 20.0. The lowest BCUT2D eigenvalue weighted by Crippen LogP contribution is -2.29. The van der Waals surface area contributed by atoms with E-state index in [4.69, 9.17) is 23.8 Å². The highest BCUT2D eigenvalue weighted by atomic mass is 35.5. The van der Waals surface area contributed by atoms with Gasteiger partial charge in [0.2, 0.25) is 0 Å². The molecule has 2 atom stereocenters. The van der Waals surface area contributed by atoms with Crippen molar-refractivity contribution in [1.29, 1.82) is 0 Å². The number of anilines is 1. The van der Waals surface area contributed by atoms with Crippen molar-refractivity contribution >= 4 is 34.6 Å². The minimum atomic E-state index is -0.0794. The Morgan fingerprint density at radius 1 is 1.00 bits per heavy atom. The molecule has 33 heavy (non-hydrogen) atoms. The van der Waals surface area contributed by atoms with Gasteiger partial charge in [-0.05, 0) is 91.8 Å². The van der Waals surface area contributed by atoms with Crippen molar-refractivity contribution in [3.63, 3.8) is 0 Å². The largest absolute Gasteiger partial charge is 0.351 e. The molecule has 0 aliphatic carbocycles. The molecular weight excluding hydrogens is 450 g/mol. The van der Waals surface area contributed by atoms with Crippen LogP contribution in [0.1, 0.15) is 40.3 Å². The van der Waals surface area contributed by atoms with E-state index in [1.807, 2.05) is 55.0 Å². The third kappa shape index (κ3) is 4.12. The fourth-order valence-corrected chi connectivity index (χ4v) is 5.06. The van der Waals surface area contributed by atoms with Crippen molar-refractivity contribution in [3.05, 3.63) is 112 Å². The van der Waals surface area contributed by atoms with Gasteiger partial charge in [0.1, 0.15) is 0 Å². The Balaban J connectivity index is 1.62. The molecular formula is C26H24ClN5S. The van der Waals surface area contributed by atoms with Crippen LogP contribution in [-0.2, 0) is 6.54 Å². The monoisotopic (exact) mass is 473 g/mol. The molecule has 0 spiro atoms. The second-order valence-electron chi connectivity index (χ2n) is 8.24. The van der Waals surface area contributed by atoms with Gasteiger partial charge in [-0.25, -0.2) is 0 Å². The summed E-state index contributed by atoms with van der Waals surface area (Å²) in [5.74, 6) is 0. The Labute approximate surface area is 204 Å². The predicted octanol–water partition coefficient (Wildman–Crippen LogP) is 5.77. The molecule has 0 unspecified atom stereocenters. The third-order valence-electron chi connectivity index (χ3n) is 6.22. The van der Waals surface area contributed by atoms with Gasteiger partial charge in [0.05, 0.1) is 17.8 Å². The summed E-state index contributed by atoms with van der Waals surface area (Å²) in [4.78, 5) is 11.0. The summed E-state index contributed by atoms with van der Waals surface area (Å²) < 4.78 is 2.35. The first-order valence-corrected chi connectivity index (χ1v) is 11.6. The van der Waals surface area contributed by atoms with E-state index < -0.39 is 0 Å². The highest BCUT2D eigenvalue weighted by Gasteiger charge is 2.42. The average Bonchev–Trinajstić information content (AvgIpc) is 3.32. The number of aromatic nitrogens is 3. The summed E-state index contributed by atoms with van der Waals surface area (Å²) >= 11 is 12.0. The van der Waals surface area contributed by atoms with E-state index in [0.717, 1.165) is 17.9 Å². The van der Waals surface area contributed by atoms with Crippen LogP contribution in [0.3, 0.4) is 0 Å². The van der Waals surface area contributed by atoms with E-state index in [2.05, 4.69) is 62.9 Å². The van der Waals surface area contributed by atoms with E-state index in [9.17, 15) is 0 Å². The van der Waals surface area contributed by atoms with Gasteiger partial charge >= 0.3 is 0 Å². The fraction of sp³-hybridized carbons (Fsp3) is 0.192. The first kappa shape index (κ1) is 21.6. The molecule has 1 aromatic carbocycles. The van der Waals surface area contributed by atoms with Crippen molar-refractivity contribution in [2.75, 3.05) is 4.90 Å². The van der Waals surface area contributed by atoms with E-state index in [0.29, 0.717) is 10.1 Å². The van der Waals surface area contributed by atoms with Gasteiger partial charge in [-0.15, -0.1) is 0 Å². The van der Waals surface area contributed by atoms with Gasteiger partial charge in [-0.2, -0.15) is 0 Å². The summed E-state index contributed by atoms with van der Waals surface area (Å²) in [7, 11) is 0. The second-order valence-corrected chi connectivity index (χ2v) is 9.06. The van der Waals surface area contributed by atoms with Crippen LogP contribution in [0.2, 0.25) is 5.02 Å². The summed E-state index contributed by atoms with van der Waals surface area (Å²) in [6, 6.07) is 20.1. The molecule has 3 aromatic heterocycles. The van der Waals surface area contributed by atoms with Crippen LogP contribution in [0.4, 0.5) is 5.69 Å². The maximum Gasteiger partial charge on any atom is 0.174 e. The molecule has 0 amide bonds. The highest BCUT2D eigenvalue weighted by Crippen LogP contribution is 2.43. The van der Waals surface area contributed by atoms with Crippen LogP contribution in [0.25, 0.3) is 0 Å². The Morgan fingerprint density at radius 3 is 2.45 bits per heavy atom. The average molecular weight is 474 g/mol. The van der Waals surface area contributed by atoms with E-state index in [1.54, 1.807) is 0 Å². The Bertz CT molecular complexity index is 1270. The van der Waals surface area contributed by atoms with Gasteiger partial charge in [-0.3, -0.25) is 9.97 Å². The number of halogens is 1. The maximum absolute atomic E-state index is 6.17. The number of nitrogens with one attached hydrogen (secondary N) is 1. The predicted molar refractivity (Wildman–Crippen MR) is 137 cm³/mol. The number of hydrogen-bond acceptors (Lipinski definition) is 3. The lowest BCUT2D eigenvalue weighted by atomic mass is 9.96. The molecule has 166 valence electrons. The van der Waals surface area contributed by atoms with Gasteiger partial charge in [0, 0.05) is 47.2 Å². The molecule has 0 saturated carbocycles. The quantitative estimate of drug-likeness (QED) is 0.372. The normalized spacial score (nSPS) is 17.9. The molecule has 0 bridgehead atoms. The van der Waals surface area contributed by atoms with Crippen molar-refractivity contribution in [1.82, 2.24) is 19.9 Å². The molecule has 5 nitrogen and oxygen atoms in total. The number of nitrogens with zero attached hydrogens (tertiary/aromatic N) is 4. The molecule has 1 aliphatic heterocycles. The number of aryl methyl sites for hydroxylation is 1. The zero-order chi connectivity index (χ0) is 22.9. The van der Waals surface area contributed by atoms with Crippen LogP contribution in [0, 0.1) is 13.8 Å². The number of hydrogen-bond donors (Lipinski definition) is 1. The summed E-state index contributed by atoms with van der Waals surface area (Å²) in [5.41, 5.74) is 6.81. The lowest BCUT2D eigenvalue weighted by Gasteiger charge is -2.28. The van der Waals surface area contributed by atoms with Crippen molar-refractivity contribution in [2.45, 2.75) is 32.5 Å². The van der Waals surface area contributed by atoms with Gasteiger partial charge in [0.15, 0.2) is 5.11 Å². The first-order chi connectivity index (χ1) is 16.0. The van der Waals surface area contributed by atoms with Crippen molar-refractivity contribution in [3.8, 4) is 0 Å². The van der Waals surface area contributed by atoms with Crippen molar-refractivity contribution < 1.29 is 0 Å².